The molecule has 0 spiro atoms. The maximum absolute atomic E-state index is 6.46. The topological polar surface area (TPSA) is 30.5 Å². The summed E-state index contributed by atoms with van der Waals surface area (Å²) in [6, 6.07) is 3.95. The van der Waals surface area contributed by atoms with E-state index in [1.807, 2.05) is 6.07 Å². The molecule has 1 aromatic carbocycles. The number of nitrogens with one attached hydrogen (secondary N) is 1. The van der Waals surface area contributed by atoms with Gasteiger partial charge in [-0.15, -0.1) is 0 Å². The number of halogens is 1. The normalized spacial score (nSPS) is 15.0. The predicted molar refractivity (Wildman–Crippen MR) is 83.2 cm³/mol. The van der Waals surface area contributed by atoms with Crippen molar-refractivity contribution in [2.24, 2.45) is 0 Å². The third kappa shape index (κ3) is 3.58. The van der Waals surface area contributed by atoms with Crippen LogP contribution in [0.15, 0.2) is 12.1 Å². The zero-order valence-corrected chi connectivity index (χ0v) is 13.3. The number of benzene rings is 1. The van der Waals surface area contributed by atoms with E-state index in [1.54, 1.807) is 0 Å². The van der Waals surface area contributed by atoms with Crippen LogP contribution in [0.3, 0.4) is 0 Å². The first kappa shape index (κ1) is 15.5. The number of hydrogen-bond donors (Lipinski definition) is 1. The lowest BCUT2D eigenvalue weighted by Gasteiger charge is -2.27. The van der Waals surface area contributed by atoms with Crippen LogP contribution in [0.1, 0.15) is 39.2 Å². The molecule has 0 atom stereocenters. The van der Waals surface area contributed by atoms with E-state index in [-0.39, 0.29) is 5.41 Å². The van der Waals surface area contributed by atoms with Crippen LogP contribution < -0.4 is 14.8 Å². The van der Waals surface area contributed by atoms with Crippen molar-refractivity contribution >= 4 is 11.6 Å². The fourth-order valence-corrected chi connectivity index (χ4v) is 2.82. The maximum atomic E-state index is 6.46. The van der Waals surface area contributed by atoms with Crippen LogP contribution in [0.5, 0.6) is 11.5 Å². The van der Waals surface area contributed by atoms with Crippen molar-refractivity contribution in [3.63, 3.8) is 0 Å². The molecule has 1 N–H and O–H groups in total. The van der Waals surface area contributed by atoms with Gasteiger partial charge in [0, 0.05) is 17.5 Å². The van der Waals surface area contributed by atoms with E-state index in [2.05, 4.69) is 32.2 Å². The van der Waals surface area contributed by atoms with Crippen molar-refractivity contribution in [1.82, 2.24) is 5.32 Å². The summed E-state index contributed by atoms with van der Waals surface area (Å²) in [7, 11) is 0. The highest BCUT2D eigenvalue weighted by Crippen LogP contribution is 2.41. The molecule has 0 aromatic heterocycles. The molecule has 3 nitrogen and oxygen atoms in total. The highest BCUT2D eigenvalue weighted by Gasteiger charge is 2.25. The highest BCUT2D eigenvalue weighted by atomic mass is 35.5. The second-order valence-corrected chi connectivity index (χ2v) is 6.22. The SMILES string of the molecule is CCNCCC(C)(C)c1cc2c(cc1Cl)OCCCO2. The number of fused-ring (bicyclic) bond motifs is 1. The van der Waals surface area contributed by atoms with E-state index < -0.39 is 0 Å². The molecular formula is C16H24ClNO2. The molecule has 1 aliphatic rings. The fraction of sp³-hybridized carbons (Fsp3) is 0.625. The average Bonchev–Trinajstić information content (AvgIpc) is 2.62. The zero-order valence-electron chi connectivity index (χ0n) is 12.6. The summed E-state index contributed by atoms with van der Waals surface area (Å²) in [6.45, 7) is 9.91. The maximum Gasteiger partial charge on any atom is 0.162 e. The molecule has 0 radical (unpaired) electrons. The summed E-state index contributed by atoms with van der Waals surface area (Å²) in [5, 5.41) is 4.13. The van der Waals surface area contributed by atoms with Crippen LogP contribution >= 0.6 is 11.6 Å². The summed E-state index contributed by atoms with van der Waals surface area (Å²) < 4.78 is 11.4. The number of ether oxygens (including phenoxy) is 2. The monoisotopic (exact) mass is 297 g/mol. The molecule has 112 valence electrons. The van der Waals surface area contributed by atoms with Gasteiger partial charge in [-0.25, -0.2) is 0 Å². The van der Waals surface area contributed by atoms with Gasteiger partial charge in [0.25, 0.3) is 0 Å². The first-order chi connectivity index (χ1) is 9.54. The lowest BCUT2D eigenvalue weighted by molar-refractivity contribution is 0.296. The molecule has 0 fully saturated rings. The van der Waals surface area contributed by atoms with E-state index >= 15 is 0 Å². The summed E-state index contributed by atoms with van der Waals surface area (Å²) >= 11 is 6.46. The Balaban J connectivity index is 2.24. The summed E-state index contributed by atoms with van der Waals surface area (Å²) in [4.78, 5) is 0. The molecule has 0 amide bonds. The fourth-order valence-electron chi connectivity index (χ4n) is 2.41. The van der Waals surface area contributed by atoms with E-state index in [1.165, 1.54) is 0 Å². The summed E-state index contributed by atoms with van der Waals surface area (Å²) in [5.41, 5.74) is 1.13. The van der Waals surface area contributed by atoms with Gasteiger partial charge >= 0.3 is 0 Å². The molecule has 0 aliphatic carbocycles. The Bertz CT molecular complexity index is 460. The van der Waals surface area contributed by atoms with E-state index in [0.717, 1.165) is 48.0 Å². The van der Waals surface area contributed by atoms with Crippen LogP contribution in [0.25, 0.3) is 0 Å². The molecule has 1 aliphatic heterocycles. The first-order valence-electron chi connectivity index (χ1n) is 7.35. The lowest BCUT2D eigenvalue weighted by Crippen LogP contribution is -2.25. The smallest absolute Gasteiger partial charge is 0.162 e. The van der Waals surface area contributed by atoms with Crippen molar-refractivity contribution < 1.29 is 9.47 Å². The van der Waals surface area contributed by atoms with Gasteiger partial charge in [0.15, 0.2) is 11.5 Å². The van der Waals surface area contributed by atoms with Crippen molar-refractivity contribution in [2.45, 2.75) is 39.0 Å². The van der Waals surface area contributed by atoms with Crippen LogP contribution in [0, 0.1) is 0 Å². The second kappa shape index (κ2) is 6.68. The van der Waals surface area contributed by atoms with Crippen LogP contribution in [0.2, 0.25) is 5.02 Å². The zero-order chi connectivity index (χ0) is 14.6. The van der Waals surface area contributed by atoms with Gasteiger partial charge in [0.1, 0.15) is 0 Å². The van der Waals surface area contributed by atoms with Gasteiger partial charge in [0.2, 0.25) is 0 Å². The van der Waals surface area contributed by atoms with Crippen molar-refractivity contribution in [1.29, 1.82) is 0 Å². The van der Waals surface area contributed by atoms with Gasteiger partial charge < -0.3 is 14.8 Å². The average molecular weight is 298 g/mol. The minimum Gasteiger partial charge on any atom is -0.490 e. The van der Waals surface area contributed by atoms with Crippen molar-refractivity contribution in [2.75, 3.05) is 26.3 Å². The molecule has 0 bridgehead atoms. The number of rotatable bonds is 5. The molecule has 1 aromatic rings. The van der Waals surface area contributed by atoms with Crippen molar-refractivity contribution in [3.8, 4) is 11.5 Å². The first-order valence-corrected chi connectivity index (χ1v) is 7.73. The molecule has 0 unspecified atom stereocenters. The standard InChI is InChI=1S/C16H24ClNO2/c1-4-18-7-6-16(2,3)12-10-14-15(11-13(12)17)20-9-5-8-19-14/h10-11,18H,4-9H2,1-3H3. The molecule has 20 heavy (non-hydrogen) atoms. The Labute approximate surface area is 126 Å². The van der Waals surface area contributed by atoms with Gasteiger partial charge in [-0.2, -0.15) is 0 Å². The molecule has 4 heteroatoms. The quantitative estimate of drug-likeness (QED) is 0.839. The predicted octanol–water partition coefficient (Wildman–Crippen LogP) is 3.78. The molecule has 2 rings (SSSR count). The second-order valence-electron chi connectivity index (χ2n) is 5.82. The lowest BCUT2D eigenvalue weighted by atomic mass is 9.81. The van der Waals surface area contributed by atoms with Gasteiger partial charge in [0.05, 0.1) is 13.2 Å². The van der Waals surface area contributed by atoms with Crippen molar-refractivity contribution in [3.05, 3.63) is 22.7 Å². The molecule has 0 saturated carbocycles. The Morgan fingerprint density at radius 1 is 1.20 bits per heavy atom. The highest BCUT2D eigenvalue weighted by molar-refractivity contribution is 6.31. The van der Waals surface area contributed by atoms with Crippen LogP contribution in [0.4, 0.5) is 0 Å². The minimum atomic E-state index is 0.00392. The Morgan fingerprint density at radius 2 is 1.85 bits per heavy atom. The van der Waals surface area contributed by atoms with E-state index in [4.69, 9.17) is 21.1 Å². The summed E-state index contributed by atoms with van der Waals surface area (Å²) in [6.07, 6.45) is 1.94. The molecular weight excluding hydrogens is 274 g/mol. The Hall–Kier alpha value is -0.930. The third-order valence-corrected chi connectivity index (χ3v) is 4.06. The number of hydrogen-bond acceptors (Lipinski definition) is 3. The van der Waals surface area contributed by atoms with E-state index in [9.17, 15) is 0 Å². The molecule has 0 saturated heterocycles. The molecule has 1 heterocycles. The Kier molecular flexibility index (Phi) is 5.17. The van der Waals surface area contributed by atoms with Crippen LogP contribution in [-0.2, 0) is 5.41 Å². The van der Waals surface area contributed by atoms with E-state index in [0.29, 0.717) is 13.2 Å². The minimum absolute atomic E-state index is 0.00392. The largest absolute Gasteiger partial charge is 0.490 e. The van der Waals surface area contributed by atoms with Gasteiger partial charge in [-0.3, -0.25) is 0 Å². The van der Waals surface area contributed by atoms with Gasteiger partial charge in [-0.05, 0) is 36.6 Å². The third-order valence-electron chi connectivity index (χ3n) is 3.74. The Morgan fingerprint density at radius 3 is 2.50 bits per heavy atom. The van der Waals surface area contributed by atoms with Gasteiger partial charge in [-0.1, -0.05) is 32.4 Å². The van der Waals surface area contributed by atoms with Crippen LogP contribution in [-0.4, -0.2) is 26.3 Å². The summed E-state index contributed by atoms with van der Waals surface area (Å²) in [5.74, 6) is 1.58.